The Bertz CT molecular complexity index is 1640. The maximum atomic E-state index is 13.7. The zero-order chi connectivity index (χ0) is 26.6. The molecule has 0 N–H and O–H groups in total. The van der Waals surface area contributed by atoms with Crippen molar-refractivity contribution in [2.24, 2.45) is 13.0 Å². The number of carbonyl (C=O) groups excluding carboxylic acids is 1. The van der Waals surface area contributed by atoms with E-state index in [1.807, 2.05) is 22.2 Å². The lowest BCUT2D eigenvalue weighted by molar-refractivity contribution is 0.0600. The highest BCUT2D eigenvalue weighted by Crippen LogP contribution is 2.38. The van der Waals surface area contributed by atoms with E-state index in [9.17, 15) is 22.0 Å². The average molecular weight is 534 g/mol. The molecule has 1 saturated carbocycles. The molecule has 0 aliphatic heterocycles. The molecule has 1 aromatic carbocycles. The number of aryl methyl sites for hydroxylation is 1. The predicted octanol–water partition coefficient (Wildman–Crippen LogP) is 3.78. The Labute approximate surface area is 211 Å². The van der Waals surface area contributed by atoms with Gasteiger partial charge in [0.1, 0.15) is 22.7 Å². The van der Waals surface area contributed by atoms with Gasteiger partial charge in [-0.2, -0.15) is 13.1 Å². The van der Waals surface area contributed by atoms with E-state index in [2.05, 4.69) is 4.98 Å². The van der Waals surface area contributed by atoms with E-state index >= 15 is 0 Å². The molecule has 0 bridgehead atoms. The Morgan fingerprint density at radius 2 is 1.92 bits per heavy atom. The van der Waals surface area contributed by atoms with Crippen LogP contribution in [0.1, 0.15) is 23.2 Å². The van der Waals surface area contributed by atoms with E-state index in [1.54, 1.807) is 18.2 Å². The summed E-state index contributed by atoms with van der Waals surface area (Å²) in [5.74, 6) is 0.480. The van der Waals surface area contributed by atoms with Crippen LogP contribution in [0.5, 0.6) is 5.75 Å². The van der Waals surface area contributed by atoms with E-state index in [-0.39, 0.29) is 15.7 Å². The summed E-state index contributed by atoms with van der Waals surface area (Å²) in [5.41, 5.74) is 2.50. The van der Waals surface area contributed by atoms with Crippen LogP contribution >= 0.6 is 0 Å². The maximum absolute atomic E-state index is 13.7. The van der Waals surface area contributed by atoms with Crippen molar-refractivity contribution in [3.05, 3.63) is 35.9 Å². The van der Waals surface area contributed by atoms with Gasteiger partial charge in [0.2, 0.25) is 10.0 Å². The first-order chi connectivity index (χ1) is 17.5. The molecule has 13 heteroatoms. The third kappa shape index (κ3) is 4.37. The first-order valence-electron chi connectivity index (χ1n) is 11.4. The van der Waals surface area contributed by atoms with Crippen LogP contribution in [0.2, 0.25) is 0 Å². The van der Waals surface area contributed by atoms with Crippen molar-refractivity contribution >= 4 is 43.9 Å². The third-order valence-electron chi connectivity index (χ3n) is 6.43. The van der Waals surface area contributed by atoms with Crippen LogP contribution in [0.3, 0.4) is 0 Å². The summed E-state index contributed by atoms with van der Waals surface area (Å²) in [7, 11) is 0.340. The standard InChI is InChI=1S/C24H25F2N5O5S/c1-29-20-16(9-15(23(32)36-3)11-18(20)35-2)27-22(29)17-10-14-7-8-19(31(24(25)26)37(4,33)34)28-21(14)30(17)12-13-5-6-13/h7-11,13,24H,5-6,12H2,1-4H3. The summed E-state index contributed by atoms with van der Waals surface area (Å²) >= 11 is 0. The fourth-order valence-corrected chi connectivity index (χ4v) is 5.25. The van der Waals surface area contributed by atoms with Gasteiger partial charge in [-0.3, -0.25) is 0 Å². The molecule has 4 aromatic rings. The number of rotatable bonds is 8. The number of hydrogen-bond acceptors (Lipinski definition) is 7. The number of aromatic nitrogens is 4. The van der Waals surface area contributed by atoms with Crippen LogP contribution in [0.25, 0.3) is 33.6 Å². The van der Waals surface area contributed by atoms with Crippen molar-refractivity contribution < 1.29 is 31.5 Å². The van der Waals surface area contributed by atoms with E-state index < -0.39 is 22.5 Å². The summed E-state index contributed by atoms with van der Waals surface area (Å²) in [6.45, 7) is -2.71. The number of carbonyl (C=O) groups is 1. The normalized spacial score (nSPS) is 14.0. The molecule has 3 heterocycles. The maximum Gasteiger partial charge on any atom is 0.338 e. The van der Waals surface area contributed by atoms with Crippen molar-refractivity contribution in [2.75, 3.05) is 24.8 Å². The van der Waals surface area contributed by atoms with Gasteiger partial charge in [-0.15, -0.1) is 0 Å². The van der Waals surface area contributed by atoms with Crippen LogP contribution in [0, 0.1) is 5.92 Å². The number of esters is 1. The molecule has 5 rings (SSSR count). The Hall–Kier alpha value is -3.74. The third-order valence-corrected chi connectivity index (χ3v) is 7.49. The minimum Gasteiger partial charge on any atom is -0.494 e. The number of halogens is 2. The second-order valence-corrected chi connectivity index (χ2v) is 10.9. The molecule has 0 saturated heterocycles. The van der Waals surface area contributed by atoms with Crippen molar-refractivity contribution in [1.82, 2.24) is 19.1 Å². The van der Waals surface area contributed by atoms with Gasteiger partial charge in [-0.05, 0) is 49.1 Å². The highest BCUT2D eigenvalue weighted by molar-refractivity contribution is 7.92. The molecule has 0 radical (unpaired) electrons. The number of ether oxygens (including phenoxy) is 2. The Morgan fingerprint density at radius 1 is 1.19 bits per heavy atom. The van der Waals surface area contributed by atoms with Gasteiger partial charge in [-0.25, -0.2) is 23.2 Å². The van der Waals surface area contributed by atoms with Crippen molar-refractivity contribution in [3.8, 4) is 17.3 Å². The summed E-state index contributed by atoms with van der Waals surface area (Å²) in [6, 6.07) is 7.88. The topological polar surface area (TPSA) is 109 Å². The Kier molecular flexibility index (Phi) is 6.05. The average Bonchev–Trinajstić information content (AvgIpc) is 3.51. The van der Waals surface area contributed by atoms with Crippen LogP contribution in [-0.4, -0.2) is 60.5 Å². The molecule has 10 nitrogen and oxygen atoms in total. The second kappa shape index (κ2) is 8.98. The second-order valence-electron chi connectivity index (χ2n) is 9.03. The number of alkyl halides is 2. The largest absolute Gasteiger partial charge is 0.494 e. The van der Waals surface area contributed by atoms with Gasteiger partial charge >= 0.3 is 12.5 Å². The van der Waals surface area contributed by atoms with E-state index in [4.69, 9.17) is 14.5 Å². The summed E-state index contributed by atoms with van der Waals surface area (Å²) < 4.78 is 65.5. The van der Waals surface area contributed by atoms with Gasteiger partial charge in [0.05, 0.1) is 37.2 Å². The van der Waals surface area contributed by atoms with Gasteiger partial charge in [-0.1, -0.05) is 0 Å². The molecule has 1 aliphatic carbocycles. The molecule has 1 fully saturated rings. The molecule has 37 heavy (non-hydrogen) atoms. The zero-order valence-corrected chi connectivity index (χ0v) is 21.4. The fraction of sp³-hybridized carbons (Fsp3) is 0.375. The molecule has 196 valence electrons. The van der Waals surface area contributed by atoms with Crippen molar-refractivity contribution in [3.63, 3.8) is 0 Å². The molecule has 1 aliphatic rings. The molecular weight excluding hydrogens is 508 g/mol. The van der Waals surface area contributed by atoms with Crippen LogP contribution in [-0.2, 0) is 28.4 Å². The van der Waals surface area contributed by atoms with Crippen LogP contribution in [0.4, 0.5) is 14.6 Å². The number of hydrogen-bond donors (Lipinski definition) is 0. The lowest BCUT2D eigenvalue weighted by atomic mass is 10.2. The number of imidazole rings is 1. The van der Waals surface area contributed by atoms with Crippen LogP contribution in [0.15, 0.2) is 30.3 Å². The SMILES string of the molecule is COC(=O)c1cc(OC)c2c(c1)nc(-c1cc3ccc(N(C(F)F)S(C)(=O)=O)nc3n1CC1CC1)n2C. The quantitative estimate of drug-likeness (QED) is 0.251. The van der Waals surface area contributed by atoms with E-state index in [0.29, 0.717) is 51.8 Å². The molecular formula is C24H25F2N5O5S. The summed E-state index contributed by atoms with van der Waals surface area (Å²) in [5, 5.41) is 0.649. The summed E-state index contributed by atoms with van der Waals surface area (Å²) in [4.78, 5) is 21.3. The lowest BCUT2D eigenvalue weighted by Crippen LogP contribution is -2.35. The number of sulfonamides is 1. The molecule has 3 aromatic heterocycles. The highest BCUT2D eigenvalue weighted by Gasteiger charge is 2.30. The van der Waals surface area contributed by atoms with E-state index in [1.165, 1.54) is 20.3 Å². The number of anilines is 1. The lowest BCUT2D eigenvalue weighted by Gasteiger charge is -2.20. The summed E-state index contributed by atoms with van der Waals surface area (Å²) in [6.07, 6.45) is 2.75. The molecule has 0 spiro atoms. The first-order valence-corrected chi connectivity index (χ1v) is 13.3. The number of nitrogens with zero attached hydrogens (tertiary/aromatic N) is 5. The molecule has 0 amide bonds. The predicted molar refractivity (Wildman–Crippen MR) is 133 cm³/mol. The smallest absolute Gasteiger partial charge is 0.338 e. The van der Waals surface area contributed by atoms with Crippen molar-refractivity contribution in [2.45, 2.75) is 25.9 Å². The Morgan fingerprint density at radius 3 is 2.51 bits per heavy atom. The van der Waals surface area contributed by atoms with Gasteiger partial charge in [0.25, 0.3) is 0 Å². The first kappa shape index (κ1) is 24.9. The monoisotopic (exact) mass is 533 g/mol. The van der Waals surface area contributed by atoms with Crippen LogP contribution < -0.4 is 9.04 Å². The minimum atomic E-state index is -4.26. The minimum absolute atomic E-state index is 0.00878. The molecule has 0 unspecified atom stereocenters. The van der Waals surface area contributed by atoms with Gasteiger partial charge in [0, 0.05) is 19.0 Å². The van der Waals surface area contributed by atoms with Crippen molar-refractivity contribution in [1.29, 1.82) is 0 Å². The Balaban J connectivity index is 1.73. The van der Waals surface area contributed by atoms with E-state index in [0.717, 1.165) is 19.1 Å². The van der Waals surface area contributed by atoms with Gasteiger partial charge in [0.15, 0.2) is 5.82 Å². The fourth-order valence-electron chi connectivity index (χ4n) is 4.51. The highest BCUT2D eigenvalue weighted by atomic mass is 32.2. The van der Waals surface area contributed by atoms with Gasteiger partial charge < -0.3 is 18.6 Å². The number of methoxy groups -OCH3 is 2. The zero-order valence-electron chi connectivity index (χ0n) is 20.6. The molecule has 0 atom stereocenters. The number of pyridine rings is 1. The number of fused-ring (bicyclic) bond motifs is 2. The number of benzene rings is 1.